The fourth-order valence-electron chi connectivity index (χ4n) is 3.88. The zero-order valence-corrected chi connectivity index (χ0v) is 11.0. The largest absolute Gasteiger partial charge is 0.389 e. The van der Waals surface area contributed by atoms with Gasteiger partial charge in [0, 0.05) is 31.6 Å². The van der Waals surface area contributed by atoms with Crippen molar-refractivity contribution in [1.29, 1.82) is 0 Å². The normalized spacial score (nSPS) is 34.9. The number of fused-ring (bicyclic) bond motifs is 1. The summed E-state index contributed by atoms with van der Waals surface area (Å²) in [5.74, 6) is 0.297. The monoisotopic (exact) mass is 252 g/mol. The molecule has 3 fully saturated rings. The van der Waals surface area contributed by atoms with Crippen LogP contribution in [0.15, 0.2) is 0 Å². The second-order valence-corrected chi connectivity index (χ2v) is 6.27. The van der Waals surface area contributed by atoms with E-state index in [0.29, 0.717) is 24.9 Å². The van der Waals surface area contributed by atoms with E-state index in [1.165, 1.54) is 6.42 Å². The number of amides is 1. The molecule has 4 nitrogen and oxygen atoms in total. The van der Waals surface area contributed by atoms with Crippen LogP contribution in [0.3, 0.4) is 0 Å². The molecule has 1 aliphatic carbocycles. The van der Waals surface area contributed by atoms with E-state index in [1.807, 2.05) is 4.90 Å². The third-order valence-electron chi connectivity index (χ3n) is 4.96. The molecule has 2 N–H and O–H groups in total. The van der Waals surface area contributed by atoms with Gasteiger partial charge in [0.05, 0.1) is 5.60 Å². The smallest absolute Gasteiger partial charge is 0.224 e. The van der Waals surface area contributed by atoms with Gasteiger partial charge in [-0.2, -0.15) is 0 Å². The molecule has 2 heterocycles. The summed E-state index contributed by atoms with van der Waals surface area (Å²) < 4.78 is 0. The van der Waals surface area contributed by atoms with E-state index < -0.39 is 5.60 Å². The molecule has 3 rings (SSSR count). The Morgan fingerprint density at radius 1 is 1.28 bits per heavy atom. The summed E-state index contributed by atoms with van der Waals surface area (Å²) in [6.07, 6.45) is 8.24. The van der Waals surface area contributed by atoms with Gasteiger partial charge in [-0.25, -0.2) is 0 Å². The number of carbonyl (C=O) groups excluding carboxylic acids is 1. The second kappa shape index (κ2) is 4.82. The van der Waals surface area contributed by atoms with Crippen molar-refractivity contribution >= 4 is 5.91 Å². The van der Waals surface area contributed by atoms with Gasteiger partial charge in [0.2, 0.25) is 5.91 Å². The van der Waals surface area contributed by atoms with E-state index in [-0.39, 0.29) is 6.04 Å². The molecule has 0 bridgehead atoms. The molecule has 3 aliphatic rings. The first kappa shape index (κ1) is 12.4. The molecule has 0 aromatic carbocycles. The first-order chi connectivity index (χ1) is 8.68. The van der Waals surface area contributed by atoms with Crippen molar-refractivity contribution in [2.24, 2.45) is 0 Å². The van der Waals surface area contributed by atoms with Crippen molar-refractivity contribution in [3.63, 3.8) is 0 Å². The Balaban J connectivity index is 1.55. The Labute approximate surface area is 109 Å². The summed E-state index contributed by atoms with van der Waals surface area (Å²) in [6, 6.07) is 0.663. The Morgan fingerprint density at radius 2 is 2.06 bits per heavy atom. The van der Waals surface area contributed by atoms with Crippen molar-refractivity contribution in [1.82, 2.24) is 10.2 Å². The zero-order chi connectivity index (χ0) is 12.6. The summed E-state index contributed by atoms with van der Waals surface area (Å²) in [4.78, 5) is 13.9. The molecule has 102 valence electrons. The minimum absolute atomic E-state index is 0.269. The molecule has 1 amide bonds. The van der Waals surface area contributed by atoms with Crippen molar-refractivity contribution in [2.75, 3.05) is 13.1 Å². The molecular weight excluding hydrogens is 228 g/mol. The van der Waals surface area contributed by atoms with E-state index in [1.54, 1.807) is 0 Å². The van der Waals surface area contributed by atoms with E-state index in [9.17, 15) is 9.90 Å². The molecule has 2 saturated heterocycles. The van der Waals surface area contributed by atoms with Crippen LogP contribution in [0.2, 0.25) is 0 Å². The molecular formula is C14H24N2O2. The van der Waals surface area contributed by atoms with Gasteiger partial charge in [-0.1, -0.05) is 19.3 Å². The van der Waals surface area contributed by atoms with Crippen LogP contribution in [0.5, 0.6) is 0 Å². The van der Waals surface area contributed by atoms with Gasteiger partial charge in [0.1, 0.15) is 0 Å². The minimum atomic E-state index is -0.521. The van der Waals surface area contributed by atoms with Crippen LogP contribution < -0.4 is 5.32 Å². The third-order valence-corrected chi connectivity index (χ3v) is 4.96. The van der Waals surface area contributed by atoms with Crippen LogP contribution >= 0.6 is 0 Å². The molecule has 0 aromatic heterocycles. The summed E-state index contributed by atoms with van der Waals surface area (Å²) >= 11 is 0. The second-order valence-electron chi connectivity index (χ2n) is 6.27. The van der Waals surface area contributed by atoms with Gasteiger partial charge in [0.25, 0.3) is 0 Å². The first-order valence-corrected chi connectivity index (χ1v) is 7.43. The summed E-state index contributed by atoms with van der Waals surface area (Å²) in [7, 11) is 0. The van der Waals surface area contributed by atoms with Gasteiger partial charge in [-0.3, -0.25) is 4.79 Å². The maximum Gasteiger partial charge on any atom is 0.224 e. The fourth-order valence-corrected chi connectivity index (χ4v) is 3.88. The van der Waals surface area contributed by atoms with Gasteiger partial charge >= 0.3 is 0 Å². The Morgan fingerprint density at radius 3 is 2.83 bits per heavy atom. The molecule has 2 aliphatic heterocycles. The fraction of sp³-hybridized carbons (Fsp3) is 0.929. The van der Waals surface area contributed by atoms with Crippen LogP contribution in [-0.4, -0.2) is 46.7 Å². The maximum absolute atomic E-state index is 11.8. The minimum Gasteiger partial charge on any atom is -0.389 e. The van der Waals surface area contributed by atoms with E-state index in [4.69, 9.17) is 0 Å². The van der Waals surface area contributed by atoms with Crippen LogP contribution in [0, 0.1) is 0 Å². The van der Waals surface area contributed by atoms with Crippen molar-refractivity contribution in [3.8, 4) is 0 Å². The van der Waals surface area contributed by atoms with Crippen molar-refractivity contribution in [3.05, 3.63) is 0 Å². The quantitative estimate of drug-likeness (QED) is 0.789. The molecule has 1 saturated carbocycles. The van der Waals surface area contributed by atoms with E-state index in [0.717, 1.165) is 45.1 Å². The Kier molecular flexibility index (Phi) is 3.32. The van der Waals surface area contributed by atoms with Crippen molar-refractivity contribution in [2.45, 2.75) is 69.1 Å². The maximum atomic E-state index is 11.8. The lowest BCUT2D eigenvalue weighted by Crippen LogP contribution is -2.48. The number of nitrogens with one attached hydrogen (secondary N) is 1. The zero-order valence-electron chi connectivity index (χ0n) is 11.0. The summed E-state index contributed by atoms with van der Waals surface area (Å²) in [5, 5.41) is 14.0. The lowest BCUT2D eigenvalue weighted by atomic mass is 9.84. The molecule has 0 spiro atoms. The highest BCUT2D eigenvalue weighted by Gasteiger charge is 2.43. The predicted molar refractivity (Wildman–Crippen MR) is 69.2 cm³/mol. The highest BCUT2D eigenvalue weighted by molar-refractivity contribution is 5.80. The van der Waals surface area contributed by atoms with E-state index in [2.05, 4.69) is 5.32 Å². The Hall–Kier alpha value is -0.610. The molecule has 0 radical (unpaired) electrons. The average molecular weight is 252 g/mol. The lowest BCUT2D eigenvalue weighted by molar-refractivity contribution is -0.127. The van der Waals surface area contributed by atoms with Crippen LogP contribution in [0.1, 0.15) is 51.4 Å². The molecule has 4 heteroatoms. The van der Waals surface area contributed by atoms with Crippen LogP contribution in [0.4, 0.5) is 0 Å². The SMILES string of the molecule is O=C1CC(NCC2(O)CCCCC2)C2CCCN12. The standard InChI is InChI=1S/C14H24N2O2/c17-13-9-11(12-5-4-8-16(12)13)15-10-14(18)6-2-1-3-7-14/h11-12,15,18H,1-10H2. The number of aliphatic hydroxyl groups is 1. The topological polar surface area (TPSA) is 52.6 Å². The highest BCUT2D eigenvalue weighted by Crippen LogP contribution is 2.31. The number of rotatable bonds is 3. The van der Waals surface area contributed by atoms with Crippen molar-refractivity contribution < 1.29 is 9.90 Å². The number of carbonyl (C=O) groups is 1. The average Bonchev–Trinajstić information content (AvgIpc) is 2.93. The number of hydrogen-bond donors (Lipinski definition) is 2. The summed E-state index contributed by atoms with van der Waals surface area (Å²) in [5.41, 5.74) is -0.521. The van der Waals surface area contributed by atoms with Crippen LogP contribution in [0.25, 0.3) is 0 Å². The van der Waals surface area contributed by atoms with E-state index >= 15 is 0 Å². The number of nitrogens with zero attached hydrogens (tertiary/aromatic N) is 1. The molecule has 2 atom stereocenters. The predicted octanol–water partition coefficient (Wildman–Crippen LogP) is 1.03. The molecule has 2 unspecified atom stereocenters. The lowest BCUT2D eigenvalue weighted by Gasteiger charge is -2.34. The number of hydrogen-bond acceptors (Lipinski definition) is 3. The van der Waals surface area contributed by atoms with Gasteiger partial charge in [-0.05, 0) is 25.7 Å². The molecule has 18 heavy (non-hydrogen) atoms. The Bertz CT molecular complexity index is 326. The van der Waals surface area contributed by atoms with Gasteiger partial charge in [0.15, 0.2) is 0 Å². The van der Waals surface area contributed by atoms with Crippen LogP contribution in [-0.2, 0) is 4.79 Å². The third kappa shape index (κ3) is 2.28. The van der Waals surface area contributed by atoms with Gasteiger partial charge < -0.3 is 15.3 Å². The first-order valence-electron chi connectivity index (χ1n) is 7.43. The molecule has 0 aromatic rings. The summed E-state index contributed by atoms with van der Waals surface area (Å²) in [6.45, 7) is 1.60. The van der Waals surface area contributed by atoms with Gasteiger partial charge in [-0.15, -0.1) is 0 Å². The highest BCUT2D eigenvalue weighted by atomic mass is 16.3.